The molecule has 0 radical (unpaired) electrons. The van der Waals surface area contributed by atoms with Gasteiger partial charge in [-0.15, -0.1) is 0 Å². The van der Waals surface area contributed by atoms with Crippen molar-refractivity contribution >= 4 is 5.97 Å². The van der Waals surface area contributed by atoms with Crippen LogP contribution in [-0.2, 0) is 28.4 Å². The van der Waals surface area contributed by atoms with Crippen molar-refractivity contribution < 1.29 is 43.4 Å². The number of benzene rings is 1. The number of aliphatic hydroxyl groups excluding tert-OH is 1. The Morgan fingerprint density at radius 3 is 2.37 bits per heavy atom. The number of nitrogens with zero attached hydrogens (tertiary/aromatic N) is 1. The van der Waals surface area contributed by atoms with E-state index in [1.807, 2.05) is 6.07 Å². The molecule has 43 heavy (non-hydrogen) atoms. The lowest BCUT2D eigenvalue weighted by atomic mass is 9.43. The number of aliphatic hydroxyl groups is 2. The molecule has 1 heterocycles. The second-order valence-electron chi connectivity index (χ2n) is 13.9. The average Bonchev–Trinajstić information content (AvgIpc) is 3.39. The molecule has 0 aromatic heterocycles. The summed E-state index contributed by atoms with van der Waals surface area (Å²) in [4.78, 5) is 16.2. The van der Waals surface area contributed by atoms with Gasteiger partial charge in [0.1, 0.15) is 29.5 Å². The van der Waals surface area contributed by atoms with E-state index < -0.39 is 46.8 Å². The lowest BCUT2D eigenvalue weighted by Crippen LogP contribution is -2.80. The molecule has 1 aromatic carbocycles. The van der Waals surface area contributed by atoms with Crippen molar-refractivity contribution in [1.82, 2.24) is 4.90 Å². The van der Waals surface area contributed by atoms with Gasteiger partial charge in [0, 0.05) is 76.7 Å². The maximum atomic E-state index is 13.7. The molecule has 1 aromatic rings. The molecule has 5 aliphatic carbocycles. The summed E-state index contributed by atoms with van der Waals surface area (Å²) in [6.45, 7) is 4.40. The lowest BCUT2D eigenvalue weighted by molar-refractivity contribution is -0.321. The molecular weight excluding hydrogens is 554 g/mol. The lowest BCUT2D eigenvalue weighted by Gasteiger charge is -2.69. The second-order valence-corrected chi connectivity index (χ2v) is 13.9. The molecule has 5 unspecified atom stereocenters. The minimum Gasteiger partial charge on any atom is -0.455 e. The van der Waals surface area contributed by atoms with Gasteiger partial charge in [0.05, 0.1) is 24.4 Å². The molecule has 238 valence electrons. The minimum atomic E-state index is -1.64. The van der Waals surface area contributed by atoms with Gasteiger partial charge < -0.3 is 38.6 Å². The first-order valence-electron chi connectivity index (χ1n) is 15.7. The molecule has 7 rings (SSSR count). The fourth-order valence-electron chi connectivity index (χ4n) is 12.3. The number of esters is 1. The highest BCUT2D eigenvalue weighted by atomic mass is 16.6. The Bertz CT molecular complexity index is 1230. The number of carbonyl (C=O) groups excluding carboxylic acids is 1. The first-order valence-corrected chi connectivity index (χ1v) is 15.7. The molecule has 2 N–H and O–H groups in total. The summed E-state index contributed by atoms with van der Waals surface area (Å²) < 4.78 is 38.0. The standard InChI is InChI=1S/C33H47NO9/c1-7-34-16-30(17-38-2)14-13-20(39-3)32-19-15-31(37)27(43-29(36)18-11-9-8-10-12-18)21(19)33(42-6,26(35)28(31)41-5)22(25(32)34)23(40-4)24(30)32/h8-12,19-28,35,37H,7,13-17H2,1-6H3/t19-,20?,21+,22?,23?,24+,25?,26-,27+,28-,30-,31-,32?,33+/m0/s1. The molecule has 6 aliphatic rings. The average molecular weight is 602 g/mol. The van der Waals surface area contributed by atoms with Crippen molar-refractivity contribution in [1.29, 1.82) is 0 Å². The maximum Gasteiger partial charge on any atom is 0.338 e. The highest BCUT2D eigenvalue weighted by molar-refractivity contribution is 5.89. The van der Waals surface area contributed by atoms with Crippen molar-refractivity contribution in [2.45, 2.75) is 73.9 Å². The van der Waals surface area contributed by atoms with Crippen LogP contribution in [0.5, 0.6) is 0 Å². The number of likely N-dealkylation sites (tertiary alicyclic amines) is 1. The van der Waals surface area contributed by atoms with Gasteiger partial charge >= 0.3 is 5.97 Å². The van der Waals surface area contributed by atoms with Crippen LogP contribution in [-0.4, -0.2) is 124 Å². The van der Waals surface area contributed by atoms with Crippen molar-refractivity contribution in [2.75, 3.05) is 55.2 Å². The van der Waals surface area contributed by atoms with E-state index in [0.29, 0.717) is 12.2 Å². The predicted octanol–water partition coefficient (Wildman–Crippen LogP) is 1.76. The topological polar surface area (TPSA) is 116 Å². The third-order valence-corrected chi connectivity index (χ3v) is 13.1. The normalized spacial score (nSPS) is 51.0. The van der Waals surface area contributed by atoms with Crippen LogP contribution in [0.1, 0.15) is 36.5 Å². The van der Waals surface area contributed by atoms with Crippen molar-refractivity contribution in [3.63, 3.8) is 0 Å². The Labute approximate surface area is 253 Å². The van der Waals surface area contributed by atoms with E-state index in [1.54, 1.807) is 52.7 Å². The van der Waals surface area contributed by atoms with Crippen LogP contribution in [0.3, 0.4) is 0 Å². The Morgan fingerprint density at radius 2 is 1.77 bits per heavy atom. The fourth-order valence-corrected chi connectivity index (χ4v) is 12.3. The van der Waals surface area contributed by atoms with Gasteiger partial charge in [-0.2, -0.15) is 0 Å². The van der Waals surface area contributed by atoms with Gasteiger partial charge in [0.25, 0.3) is 0 Å². The van der Waals surface area contributed by atoms with Gasteiger partial charge in [-0.05, 0) is 43.9 Å². The summed E-state index contributed by atoms with van der Waals surface area (Å²) >= 11 is 0. The smallest absolute Gasteiger partial charge is 0.338 e. The van der Waals surface area contributed by atoms with Crippen LogP contribution in [0.25, 0.3) is 0 Å². The Morgan fingerprint density at radius 1 is 1.02 bits per heavy atom. The van der Waals surface area contributed by atoms with E-state index in [2.05, 4.69) is 11.8 Å². The van der Waals surface area contributed by atoms with Crippen LogP contribution < -0.4 is 0 Å². The summed E-state index contributed by atoms with van der Waals surface area (Å²) in [7, 11) is 8.45. The number of piperidine rings is 1. The quantitative estimate of drug-likeness (QED) is 0.406. The summed E-state index contributed by atoms with van der Waals surface area (Å²) in [5, 5.41) is 25.1. The van der Waals surface area contributed by atoms with E-state index in [-0.39, 0.29) is 47.8 Å². The SMILES string of the molecule is CCN1C[C@]2(COC)CCC(OC)C34C1C(C(OC)[C@@H]32)[C@]1(OC)[C@H]2[C@@H](OC(=O)c3ccccc3)[C@@](O)(C[C@@H]24)[C@@H](OC)[C@@H]1O. The van der Waals surface area contributed by atoms with Crippen molar-refractivity contribution in [3.05, 3.63) is 35.9 Å². The number of rotatable bonds is 9. The highest BCUT2D eigenvalue weighted by Gasteiger charge is 2.90. The number of carbonyl (C=O) groups is 1. The van der Waals surface area contributed by atoms with Crippen LogP contribution in [0.15, 0.2) is 30.3 Å². The largest absolute Gasteiger partial charge is 0.455 e. The molecule has 7 bridgehead atoms. The first-order chi connectivity index (χ1) is 20.7. The summed E-state index contributed by atoms with van der Waals surface area (Å²) in [6.07, 6.45) is -1.58. The van der Waals surface area contributed by atoms with Gasteiger partial charge in [0.15, 0.2) is 0 Å². The third-order valence-electron chi connectivity index (χ3n) is 13.1. The number of hydrogen-bond acceptors (Lipinski definition) is 10. The zero-order chi connectivity index (χ0) is 30.5. The van der Waals surface area contributed by atoms with Crippen molar-refractivity contribution in [3.8, 4) is 0 Å². The van der Waals surface area contributed by atoms with Gasteiger partial charge in [-0.25, -0.2) is 4.79 Å². The molecule has 10 heteroatoms. The van der Waals surface area contributed by atoms with Gasteiger partial charge in [-0.1, -0.05) is 25.1 Å². The summed E-state index contributed by atoms with van der Waals surface area (Å²) in [5.74, 6) is -1.55. The molecule has 6 fully saturated rings. The number of hydrogen-bond donors (Lipinski definition) is 2. The summed E-state index contributed by atoms with van der Waals surface area (Å²) in [6, 6.07) is 8.79. The molecule has 1 saturated heterocycles. The summed E-state index contributed by atoms with van der Waals surface area (Å²) in [5.41, 5.74) is -3.15. The molecule has 14 atom stereocenters. The van der Waals surface area contributed by atoms with Gasteiger partial charge in [-0.3, -0.25) is 4.90 Å². The number of methoxy groups -OCH3 is 5. The molecular formula is C33H47NO9. The third kappa shape index (κ3) is 3.34. The Balaban J connectivity index is 1.49. The Hall–Kier alpha value is -1.63. The number of ether oxygens (including phenoxy) is 6. The van der Waals surface area contributed by atoms with Crippen LogP contribution in [0.4, 0.5) is 0 Å². The van der Waals surface area contributed by atoms with Crippen molar-refractivity contribution in [2.24, 2.45) is 34.5 Å². The van der Waals surface area contributed by atoms with Crippen LogP contribution in [0, 0.1) is 34.5 Å². The Kier molecular flexibility index (Phi) is 7.12. The zero-order valence-electron chi connectivity index (χ0n) is 26.1. The minimum absolute atomic E-state index is 0.0186. The highest BCUT2D eigenvalue weighted by Crippen LogP contribution is 2.80. The monoisotopic (exact) mass is 601 g/mol. The van der Waals surface area contributed by atoms with Gasteiger partial charge in [0.2, 0.25) is 0 Å². The maximum absolute atomic E-state index is 13.7. The van der Waals surface area contributed by atoms with E-state index in [9.17, 15) is 15.0 Å². The van der Waals surface area contributed by atoms with E-state index in [0.717, 1.165) is 25.9 Å². The molecule has 10 nitrogen and oxygen atoms in total. The predicted molar refractivity (Wildman–Crippen MR) is 154 cm³/mol. The number of fused-ring (bicyclic) bond motifs is 2. The van der Waals surface area contributed by atoms with Crippen LogP contribution in [0.2, 0.25) is 0 Å². The van der Waals surface area contributed by atoms with E-state index in [4.69, 9.17) is 28.4 Å². The van der Waals surface area contributed by atoms with E-state index in [1.165, 1.54) is 7.11 Å². The fraction of sp³-hybridized carbons (Fsp3) is 0.788. The second kappa shape index (κ2) is 10.2. The molecule has 1 spiro atoms. The zero-order valence-corrected chi connectivity index (χ0v) is 26.1. The van der Waals surface area contributed by atoms with Crippen LogP contribution >= 0.6 is 0 Å². The van der Waals surface area contributed by atoms with E-state index >= 15 is 0 Å². The molecule has 1 aliphatic heterocycles. The molecule has 0 amide bonds. The molecule has 5 saturated carbocycles. The first kappa shape index (κ1) is 30.0.